The largest absolute Gasteiger partial charge is 0.494 e. The van der Waals surface area contributed by atoms with Crippen LogP contribution in [-0.4, -0.2) is 42.1 Å². The van der Waals surface area contributed by atoms with Crippen LogP contribution < -0.4 is 9.47 Å². The fourth-order valence-corrected chi connectivity index (χ4v) is 4.73. The van der Waals surface area contributed by atoms with E-state index in [-0.39, 0.29) is 22.9 Å². The molecule has 0 N–H and O–H groups in total. The van der Waals surface area contributed by atoms with E-state index in [1.165, 1.54) is 11.4 Å². The molecular formula is C23H27N3O5S. The predicted molar refractivity (Wildman–Crippen MR) is 119 cm³/mol. The van der Waals surface area contributed by atoms with E-state index in [2.05, 4.69) is 10.1 Å². The van der Waals surface area contributed by atoms with E-state index >= 15 is 0 Å². The fraction of sp³-hybridized carbons (Fsp3) is 0.391. The Bertz CT molecular complexity index is 1200. The van der Waals surface area contributed by atoms with Crippen LogP contribution in [0.15, 0.2) is 51.9 Å². The summed E-state index contributed by atoms with van der Waals surface area (Å²) in [7, 11) is -2.24. The predicted octanol–water partition coefficient (Wildman–Crippen LogP) is 4.06. The highest BCUT2D eigenvalue weighted by Crippen LogP contribution is 2.34. The van der Waals surface area contributed by atoms with Crippen molar-refractivity contribution in [2.75, 3.05) is 13.7 Å². The molecule has 1 aliphatic heterocycles. The van der Waals surface area contributed by atoms with E-state index in [0.717, 1.165) is 35.5 Å². The highest BCUT2D eigenvalue weighted by atomic mass is 32.2. The van der Waals surface area contributed by atoms with Gasteiger partial charge in [0.1, 0.15) is 17.1 Å². The number of hydrogen-bond donors (Lipinski definition) is 0. The summed E-state index contributed by atoms with van der Waals surface area (Å²) in [6, 6.07) is 12.3. The second-order valence-electron chi connectivity index (χ2n) is 8.36. The maximum Gasteiger partial charge on any atom is 0.243 e. The summed E-state index contributed by atoms with van der Waals surface area (Å²) in [5, 5.41) is 3.98. The van der Waals surface area contributed by atoms with Gasteiger partial charge >= 0.3 is 0 Å². The molecule has 2 heterocycles. The number of hydrogen-bond acceptors (Lipinski definition) is 7. The molecule has 3 aromatic rings. The van der Waals surface area contributed by atoms with Gasteiger partial charge in [-0.25, -0.2) is 8.42 Å². The first kappa shape index (κ1) is 22.3. The van der Waals surface area contributed by atoms with E-state index in [1.807, 2.05) is 45.0 Å². The third-order valence-electron chi connectivity index (χ3n) is 5.37. The van der Waals surface area contributed by atoms with Gasteiger partial charge in [-0.1, -0.05) is 5.16 Å². The van der Waals surface area contributed by atoms with Crippen LogP contribution >= 0.6 is 0 Å². The first-order valence-electron chi connectivity index (χ1n) is 10.5. The summed E-state index contributed by atoms with van der Waals surface area (Å²) in [5.74, 6) is 2.09. The Morgan fingerprint density at radius 1 is 1.16 bits per heavy atom. The Morgan fingerprint density at radius 3 is 2.62 bits per heavy atom. The Balaban J connectivity index is 1.48. The highest BCUT2D eigenvalue weighted by Gasteiger charge is 2.29. The van der Waals surface area contributed by atoms with Gasteiger partial charge in [-0.2, -0.15) is 9.29 Å². The number of ether oxygens (including phenoxy) is 2. The molecule has 1 aromatic heterocycles. The van der Waals surface area contributed by atoms with Gasteiger partial charge in [-0.05, 0) is 81.6 Å². The molecule has 0 saturated carbocycles. The van der Waals surface area contributed by atoms with E-state index in [4.69, 9.17) is 14.0 Å². The lowest BCUT2D eigenvalue weighted by molar-refractivity contribution is 0.0845. The molecule has 0 unspecified atom stereocenters. The number of aromatic nitrogens is 2. The molecule has 1 aliphatic rings. The number of rotatable bonds is 7. The van der Waals surface area contributed by atoms with Crippen molar-refractivity contribution < 1.29 is 22.4 Å². The van der Waals surface area contributed by atoms with Gasteiger partial charge in [0.2, 0.25) is 21.7 Å². The number of nitrogens with zero attached hydrogens (tertiary/aromatic N) is 3. The molecule has 170 valence electrons. The van der Waals surface area contributed by atoms with Crippen molar-refractivity contribution in [1.29, 1.82) is 0 Å². The van der Waals surface area contributed by atoms with Crippen molar-refractivity contribution in [2.24, 2.45) is 0 Å². The average Bonchev–Trinajstić information content (AvgIpc) is 3.22. The number of aryl methyl sites for hydroxylation is 1. The third kappa shape index (κ3) is 4.63. The number of benzene rings is 2. The zero-order valence-corrected chi connectivity index (χ0v) is 19.5. The van der Waals surface area contributed by atoms with E-state index in [9.17, 15) is 8.42 Å². The van der Waals surface area contributed by atoms with E-state index in [1.54, 1.807) is 18.2 Å². The maximum absolute atomic E-state index is 13.1. The molecule has 0 atom stereocenters. The second-order valence-corrected chi connectivity index (χ2v) is 10.4. The molecule has 0 bridgehead atoms. The summed E-state index contributed by atoms with van der Waals surface area (Å²) >= 11 is 0. The van der Waals surface area contributed by atoms with Gasteiger partial charge in [-0.15, -0.1) is 0 Å². The van der Waals surface area contributed by atoms with Crippen LogP contribution in [0.25, 0.3) is 11.4 Å². The van der Waals surface area contributed by atoms with Gasteiger partial charge < -0.3 is 14.0 Å². The molecular weight excluding hydrogens is 430 g/mol. The molecule has 0 radical (unpaired) electrons. The maximum atomic E-state index is 13.1. The van der Waals surface area contributed by atoms with Crippen molar-refractivity contribution >= 4 is 10.0 Å². The van der Waals surface area contributed by atoms with Gasteiger partial charge in [0.15, 0.2) is 0 Å². The standard InChI is InChI=1S/C23H27N3O5S/c1-5-29-18-8-6-16(7-9-18)22-24-21(31-25-22)15-26(4)32(27,28)19-10-11-20-17(14-19)12-13-23(2,3)30-20/h6-11,14H,5,12-13,15H2,1-4H3. The first-order chi connectivity index (χ1) is 15.2. The van der Waals surface area contributed by atoms with Gasteiger partial charge in [0, 0.05) is 12.6 Å². The van der Waals surface area contributed by atoms with Crippen molar-refractivity contribution in [1.82, 2.24) is 14.4 Å². The van der Waals surface area contributed by atoms with Crippen LogP contribution in [0.4, 0.5) is 0 Å². The molecule has 2 aromatic carbocycles. The van der Waals surface area contributed by atoms with E-state index < -0.39 is 10.0 Å². The quantitative estimate of drug-likeness (QED) is 0.528. The molecule has 0 saturated heterocycles. The molecule has 32 heavy (non-hydrogen) atoms. The Hall–Kier alpha value is -2.91. The first-order valence-corrected chi connectivity index (χ1v) is 12.0. The highest BCUT2D eigenvalue weighted by molar-refractivity contribution is 7.89. The molecule has 0 amide bonds. The van der Waals surface area contributed by atoms with Crippen molar-refractivity contribution in [2.45, 2.75) is 50.7 Å². The zero-order chi connectivity index (χ0) is 22.9. The Morgan fingerprint density at radius 2 is 1.91 bits per heavy atom. The minimum Gasteiger partial charge on any atom is -0.494 e. The Labute approximate surface area is 188 Å². The lowest BCUT2D eigenvalue weighted by Gasteiger charge is -2.32. The van der Waals surface area contributed by atoms with Gasteiger partial charge in [-0.3, -0.25) is 0 Å². The van der Waals surface area contributed by atoms with Crippen LogP contribution in [-0.2, 0) is 23.0 Å². The normalized spacial score (nSPS) is 15.3. The van der Waals surface area contributed by atoms with Crippen LogP contribution in [0.1, 0.15) is 38.6 Å². The fourth-order valence-electron chi connectivity index (χ4n) is 3.55. The molecule has 4 rings (SSSR count). The molecule has 0 fully saturated rings. The smallest absolute Gasteiger partial charge is 0.243 e. The number of fused-ring (bicyclic) bond motifs is 1. The molecule has 8 nitrogen and oxygen atoms in total. The van der Waals surface area contributed by atoms with Crippen molar-refractivity contribution in [3.05, 3.63) is 53.9 Å². The zero-order valence-electron chi connectivity index (χ0n) is 18.7. The summed E-state index contributed by atoms with van der Waals surface area (Å²) in [6.45, 7) is 6.53. The Kier molecular flexibility index (Phi) is 5.96. The molecule has 0 spiro atoms. The van der Waals surface area contributed by atoms with Crippen molar-refractivity contribution in [3.63, 3.8) is 0 Å². The molecule has 9 heteroatoms. The van der Waals surface area contributed by atoms with Crippen molar-refractivity contribution in [3.8, 4) is 22.9 Å². The average molecular weight is 458 g/mol. The SMILES string of the molecule is CCOc1ccc(-c2noc(CN(C)S(=O)(=O)c3ccc4c(c3)CCC(C)(C)O4)n2)cc1. The summed E-state index contributed by atoms with van der Waals surface area (Å²) in [5.41, 5.74) is 1.41. The van der Waals surface area contributed by atoms with Crippen LogP contribution in [0.2, 0.25) is 0 Å². The lowest BCUT2D eigenvalue weighted by Crippen LogP contribution is -2.33. The lowest BCUT2D eigenvalue weighted by atomic mass is 9.94. The minimum atomic E-state index is -3.73. The summed E-state index contributed by atoms with van der Waals surface area (Å²) in [4.78, 5) is 4.56. The molecule has 0 aliphatic carbocycles. The monoisotopic (exact) mass is 457 g/mol. The van der Waals surface area contributed by atoms with Crippen LogP contribution in [0.5, 0.6) is 11.5 Å². The van der Waals surface area contributed by atoms with E-state index in [0.29, 0.717) is 12.4 Å². The number of sulfonamides is 1. The second kappa shape index (κ2) is 8.55. The summed E-state index contributed by atoms with van der Waals surface area (Å²) in [6.07, 6.45) is 1.60. The van der Waals surface area contributed by atoms with Crippen LogP contribution in [0, 0.1) is 0 Å². The van der Waals surface area contributed by atoms with Gasteiger partial charge in [0.25, 0.3) is 0 Å². The minimum absolute atomic E-state index is 0.0347. The summed E-state index contributed by atoms with van der Waals surface area (Å²) < 4.78 is 44.1. The van der Waals surface area contributed by atoms with Gasteiger partial charge in [0.05, 0.1) is 18.0 Å². The topological polar surface area (TPSA) is 94.8 Å². The third-order valence-corrected chi connectivity index (χ3v) is 7.17. The van der Waals surface area contributed by atoms with Crippen LogP contribution in [0.3, 0.4) is 0 Å².